The van der Waals surface area contributed by atoms with Crippen molar-refractivity contribution in [3.8, 4) is 0 Å². The molecule has 0 aromatic rings. The molecule has 0 amide bonds. The van der Waals surface area contributed by atoms with E-state index in [0.29, 0.717) is 12.3 Å². The topological polar surface area (TPSA) is 26.3 Å². The van der Waals surface area contributed by atoms with E-state index in [9.17, 15) is 4.79 Å². The van der Waals surface area contributed by atoms with E-state index in [1.807, 2.05) is 0 Å². The highest BCUT2D eigenvalue weighted by Gasteiger charge is 2.29. The Morgan fingerprint density at radius 1 is 0.722 bits per heavy atom. The third kappa shape index (κ3) is 4.62. The van der Waals surface area contributed by atoms with Crippen molar-refractivity contribution in [3.63, 3.8) is 0 Å². The smallest absolute Gasteiger partial charge is 0.306 e. The molecule has 1 aliphatic heterocycles. The second-order valence-corrected chi connectivity index (χ2v) is 6.09. The lowest BCUT2D eigenvalue weighted by Crippen LogP contribution is -2.22. The van der Waals surface area contributed by atoms with Crippen molar-refractivity contribution in [2.24, 2.45) is 5.92 Å². The van der Waals surface area contributed by atoms with Gasteiger partial charge in [0.25, 0.3) is 0 Å². The summed E-state index contributed by atoms with van der Waals surface area (Å²) in [6.07, 6.45) is 16.2. The first-order valence-electron chi connectivity index (χ1n) is 8.06. The van der Waals surface area contributed by atoms with Crippen LogP contribution in [0.2, 0.25) is 0 Å². The van der Waals surface area contributed by atoms with Crippen LogP contribution < -0.4 is 0 Å². The normalized spacial score (nSPS) is 32.3. The largest absolute Gasteiger partial charge is 0.462 e. The van der Waals surface area contributed by atoms with E-state index in [0.717, 1.165) is 12.8 Å². The SMILES string of the molecule is O=C1CCCCCCCCCC[C@@H]2CCC[C@@H]2O1. The van der Waals surface area contributed by atoms with Crippen LogP contribution in [0.3, 0.4) is 0 Å². The van der Waals surface area contributed by atoms with Crippen LogP contribution >= 0.6 is 0 Å². The molecule has 1 heterocycles. The molecule has 0 N–H and O–H groups in total. The van der Waals surface area contributed by atoms with Crippen LogP contribution in [0.4, 0.5) is 0 Å². The van der Waals surface area contributed by atoms with Crippen molar-refractivity contribution < 1.29 is 9.53 Å². The third-order valence-electron chi connectivity index (χ3n) is 4.58. The zero-order valence-electron chi connectivity index (χ0n) is 11.7. The average molecular weight is 252 g/mol. The van der Waals surface area contributed by atoms with Gasteiger partial charge < -0.3 is 4.74 Å². The third-order valence-corrected chi connectivity index (χ3v) is 4.58. The minimum absolute atomic E-state index is 0.0592. The second kappa shape index (κ2) is 7.81. The Bertz CT molecular complexity index is 249. The molecule has 0 aromatic carbocycles. The zero-order valence-corrected chi connectivity index (χ0v) is 11.7. The molecule has 2 fully saturated rings. The highest BCUT2D eigenvalue weighted by Crippen LogP contribution is 2.33. The van der Waals surface area contributed by atoms with Gasteiger partial charge >= 0.3 is 5.97 Å². The van der Waals surface area contributed by atoms with E-state index >= 15 is 0 Å². The summed E-state index contributed by atoms with van der Waals surface area (Å²) in [6.45, 7) is 0. The highest BCUT2D eigenvalue weighted by molar-refractivity contribution is 5.69. The molecule has 2 nitrogen and oxygen atoms in total. The maximum atomic E-state index is 11.8. The van der Waals surface area contributed by atoms with Crippen molar-refractivity contribution in [3.05, 3.63) is 0 Å². The molecule has 2 rings (SSSR count). The molecule has 0 radical (unpaired) electrons. The van der Waals surface area contributed by atoms with Gasteiger partial charge in [-0.2, -0.15) is 0 Å². The Morgan fingerprint density at radius 2 is 1.33 bits per heavy atom. The number of hydrogen-bond donors (Lipinski definition) is 0. The lowest BCUT2D eigenvalue weighted by atomic mass is 9.96. The highest BCUT2D eigenvalue weighted by atomic mass is 16.5. The van der Waals surface area contributed by atoms with Gasteiger partial charge in [-0.1, -0.05) is 44.9 Å². The Labute approximate surface area is 111 Å². The summed E-state index contributed by atoms with van der Waals surface area (Å²) in [4.78, 5) is 11.8. The van der Waals surface area contributed by atoms with Gasteiger partial charge in [0.2, 0.25) is 0 Å². The molecule has 2 atom stereocenters. The Kier molecular flexibility index (Phi) is 6.02. The van der Waals surface area contributed by atoms with Gasteiger partial charge in [0.15, 0.2) is 0 Å². The second-order valence-electron chi connectivity index (χ2n) is 6.09. The van der Waals surface area contributed by atoms with Crippen LogP contribution in [0.25, 0.3) is 0 Å². The van der Waals surface area contributed by atoms with E-state index in [2.05, 4.69) is 0 Å². The number of esters is 1. The van der Waals surface area contributed by atoms with Gasteiger partial charge in [-0.05, 0) is 38.0 Å². The summed E-state index contributed by atoms with van der Waals surface area (Å²) in [5.41, 5.74) is 0. The Hall–Kier alpha value is -0.530. The van der Waals surface area contributed by atoms with Crippen molar-refractivity contribution in [2.75, 3.05) is 0 Å². The Balaban J connectivity index is 1.81. The molecule has 0 bridgehead atoms. The molecule has 2 aliphatic rings. The number of hydrogen-bond acceptors (Lipinski definition) is 2. The molecular formula is C16H28O2. The molecule has 1 saturated heterocycles. The number of carbonyl (C=O) groups excluding carboxylic acids is 1. The number of ether oxygens (including phenoxy) is 1. The van der Waals surface area contributed by atoms with Gasteiger partial charge in [-0.3, -0.25) is 4.79 Å². The van der Waals surface area contributed by atoms with Crippen LogP contribution in [0.1, 0.15) is 83.5 Å². The maximum absolute atomic E-state index is 11.8. The van der Waals surface area contributed by atoms with E-state index in [1.54, 1.807) is 0 Å². The standard InChI is InChI=1S/C16H28O2/c17-16-13-8-6-4-2-1-3-5-7-10-14-11-9-12-15(14)18-16/h14-15H,1-13H2/t14-,15+/m1/s1. The fraction of sp³-hybridized carbons (Fsp3) is 0.938. The van der Waals surface area contributed by atoms with Crippen LogP contribution in [0, 0.1) is 5.92 Å². The summed E-state index contributed by atoms with van der Waals surface area (Å²) < 4.78 is 5.68. The number of fused-ring (bicyclic) bond motifs is 1. The number of rotatable bonds is 0. The molecular weight excluding hydrogens is 224 g/mol. The quantitative estimate of drug-likeness (QED) is 0.588. The summed E-state index contributed by atoms with van der Waals surface area (Å²) >= 11 is 0. The Morgan fingerprint density at radius 3 is 2.11 bits per heavy atom. The monoisotopic (exact) mass is 252 g/mol. The van der Waals surface area contributed by atoms with Crippen LogP contribution in [-0.4, -0.2) is 12.1 Å². The predicted molar refractivity (Wildman–Crippen MR) is 73.4 cm³/mol. The molecule has 1 saturated carbocycles. The molecule has 18 heavy (non-hydrogen) atoms. The van der Waals surface area contributed by atoms with Crippen LogP contribution in [0.5, 0.6) is 0 Å². The van der Waals surface area contributed by atoms with Gasteiger partial charge in [-0.25, -0.2) is 0 Å². The fourth-order valence-electron chi connectivity index (χ4n) is 3.45. The first kappa shape index (κ1) is 13.9. The molecule has 104 valence electrons. The van der Waals surface area contributed by atoms with E-state index < -0.39 is 0 Å². The van der Waals surface area contributed by atoms with E-state index in [1.165, 1.54) is 64.2 Å². The first-order valence-corrected chi connectivity index (χ1v) is 8.06. The first-order chi connectivity index (χ1) is 8.86. The maximum Gasteiger partial charge on any atom is 0.306 e. The molecule has 0 aromatic heterocycles. The molecule has 1 aliphatic carbocycles. The summed E-state index contributed by atoms with van der Waals surface area (Å²) in [7, 11) is 0. The van der Waals surface area contributed by atoms with E-state index in [4.69, 9.17) is 4.74 Å². The van der Waals surface area contributed by atoms with Gasteiger partial charge in [0, 0.05) is 6.42 Å². The van der Waals surface area contributed by atoms with Crippen molar-refractivity contribution in [1.82, 2.24) is 0 Å². The van der Waals surface area contributed by atoms with Crippen molar-refractivity contribution in [2.45, 2.75) is 89.6 Å². The van der Waals surface area contributed by atoms with Gasteiger partial charge in [-0.15, -0.1) is 0 Å². The predicted octanol–water partition coefficient (Wildman–Crippen LogP) is 4.61. The lowest BCUT2D eigenvalue weighted by molar-refractivity contribution is -0.151. The molecule has 2 heteroatoms. The summed E-state index contributed by atoms with van der Waals surface area (Å²) in [6, 6.07) is 0. The average Bonchev–Trinajstić information content (AvgIpc) is 2.78. The van der Waals surface area contributed by atoms with Crippen molar-refractivity contribution >= 4 is 5.97 Å². The summed E-state index contributed by atoms with van der Waals surface area (Å²) in [5.74, 6) is 0.723. The van der Waals surface area contributed by atoms with Crippen LogP contribution in [0.15, 0.2) is 0 Å². The number of carbonyl (C=O) groups is 1. The van der Waals surface area contributed by atoms with Crippen LogP contribution in [-0.2, 0) is 9.53 Å². The molecule has 0 unspecified atom stereocenters. The minimum Gasteiger partial charge on any atom is -0.462 e. The lowest BCUT2D eigenvalue weighted by Gasteiger charge is -2.20. The van der Waals surface area contributed by atoms with Gasteiger partial charge in [0.1, 0.15) is 6.10 Å². The minimum atomic E-state index is 0.0592. The van der Waals surface area contributed by atoms with E-state index in [-0.39, 0.29) is 12.1 Å². The fourth-order valence-corrected chi connectivity index (χ4v) is 3.45. The zero-order chi connectivity index (χ0) is 12.6. The summed E-state index contributed by atoms with van der Waals surface area (Å²) in [5, 5.41) is 0. The molecule has 0 spiro atoms. The van der Waals surface area contributed by atoms with Crippen molar-refractivity contribution in [1.29, 1.82) is 0 Å². The van der Waals surface area contributed by atoms with Gasteiger partial charge in [0.05, 0.1) is 0 Å².